The predicted octanol–water partition coefficient (Wildman–Crippen LogP) is 2.61. The van der Waals surface area contributed by atoms with Crippen molar-refractivity contribution in [3.8, 4) is 0 Å². The van der Waals surface area contributed by atoms with Crippen LogP contribution < -0.4 is 10.2 Å². The summed E-state index contributed by atoms with van der Waals surface area (Å²) >= 11 is 0. The van der Waals surface area contributed by atoms with Gasteiger partial charge in [0.05, 0.1) is 0 Å². The third-order valence-electron chi connectivity index (χ3n) is 4.49. The SMILES string of the molecule is CCc1cccc2c1N(CC1CCNCC1)CC2. The van der Waals surface area contributed by atoms with Gasteiger partial charge in [-0.1, -0.05) is 25.1 Å². The molecule has 18 heavy (non-hydrogen) atoms. The minimum Gasteiger partial charge on any atom is -0.370 e. The van der Waals surface area contributed by atoms with E-state index in [1.54, 1.807) is 16.8 Å². The van der Waals surface area contributed by atoms with E-state index in [0.717, 1.165) is 12.3 Å². The maximum atomic E-state index is 3.46. The Hall–Kier alpha value is -1.02. The lowest BCUT2D eigenvalue weighted by atomic mass is 9.97. The third-order valence-corrected chi connectivity index (χ3v) is 4.49. The molecule has 2 nitrogen and oxygen atoms in total. The summed E-state index contributed by atoms with van der Waals surface area (Å²) in [6.07, 6.45) is 5.10. The van der Waals surface area contributed by atoms with Gasteiger partial charge in [0, 0.05) is 18.8 Å². The number of piperidine rings is 1. The van der Waals surface area contributed by atoms with Crippen LogP contribution in [-0.4, -0.2) is 26.2 Å². The van der Waals surface area contributed by atoms with E-state index in [1.165, 1.54) is 45.4 Å². The minimum atomic E-state index is 0.891. The zero-order valence-corrected chi connectivity index (χ0v) is 11.4. The van der Waals surface area contributed by atoms with E-state index in [-0.39, 0.29) is 0 Å². The Morgan fingerprint density at radius 1 is 1.28 bits per heavy atom. The second kappa shape index (κ2) is 5.31. The van der Waals surface area contributed by atoms with Gasteiger partial charge in [-0.25, -0.2) is 0 Å². The summed E-state index contributed by atoms with van der Waals surface area (Å²) < 4.78 is 0. The number of hydrogen-bond acceptors (Lipinski definition) is 2. The molecule has 0 spiro atoms. The number of fused-ring (bicyclic) bond motifs is 1. The lowest BCUT2D eigenvalue weighted by Crippen LogP contribution is -2.35. The summed E-state index contributed by atoms with van der Waals surface area (Å²) in [4.78, 5) is 2.66. The van der Waals surface area contributed by atoms with Gasteiger partial charge in [-0.2, -0.15) is 0 Å². The normalized spacial score (nSPS) is 20.2. The van der Waals surface area contributed by atoms with E-state index in [9.17, 15) is 0 Å². The number of anilines is 1. The van der Waals surface area contributed by atoms with Gasteiger partial charge in [-0.15, -0.1) is 0 Å². The molecule has 0 aliphatic carbocycles. The maximum Gasteiger partial charge on any atom is 0.0432 e. The summed E-state index contributed by atoms with van der Waals surface area (Å²) in [7, 11) is 0. The molecule has 1 saturated heterocycles. The molecule has 2 heteroatoms. The van der Waals surface area contributed by atoms with Gasteiger partial charge < -0.3 is 10.2 Å². The van der Waals surface area contributed by atoms with Crippen molar-refractivity contribution >= 4 is 5.69 Å². The second-order valence-corrected chi connectivity index (χ2v) is 5.67. The molecule has 0 unspecified atom stereocenters. The van der Waals surface area contributed by atoms with Crippen LogP contribution in [0.3, 0.4) is 0 Å². The van der Waals surface area contributed by atoms with Crippen molar-refractivity contribution in [1.82, 2.24) is 5.32 Å². The van der Waals surface area contributed by atoms with E-state index in [4.69, 9.17) is 0 Å². The average Bonchev–Trinajstić information content (AvgIpc) is 2.83. The van der Waals surface area contributed by atoms with Crippen LogP contribution in [0.5, 0.6) is 0 Å². The number of aryl methyl sites for hydroxylation is 1. The Bertz CT molecular complexity index is 408. The molecular weight excluding hydrogens is 220 g/mol. The monoisotopic (exact) mass is 244 g/mol. The molecule has 0 atom stereocenters. The Labute approximate surface area is 110 Å². The number of benzene rings is 1. The quantitative estimate of drug-likeness (QED) is 0.879. The molecule has 2 aliphatic rings. The van der Waals surface area contributed by atoms with Gasteiger partial charge in [0.2, 0.25) is 0 Å². The molecule has 1 aromatic carbocycles. The molecule has 0 saturated carbocycles. The maximum absolute atomic E-state index is 3.46. The van der Waals surface area contributed by atoms with E-state index < -0.39 is 0 Å². The summed E-state index contributed by atoms with van der Waals surface area (Å²) in [5.41, 5.74) is 4.68. The fourth-order valence-electron chi connectivity index (χ4n) is 3.46. The van der Waals surface area contributed by atoms with Gasteiger partial charge >= 0.3 is 0 Å². The van der Waals surface area contributed by atoms with E-state index in [0.29, 0.717) is 0 Å². The highest BCUT2D eigenvalue weighted by molar-refractivity contribution is 5.63. The highest BCUT2D eigenvalue weighted by Crippen LogP contribution is 2.33. The Kier molecular flexibility index (Phi) is 3.55. The van der Waals surface area contributed by atoms with Gasteiger partial charge in [-0.05, 0) is 55.8 Å². The Morgan fingerprint density at radius 3 is 2.89 bits per heavy atom. The van der Waals surface area contributed by atoms with Gasteiger partial charge in [-0.3, -0.25) is 0 Å². The lowest BCUT2D eigenvalue weighted by molar-refractivity contribution is 0.375. The van der Waals surface area contributed by atoms with E-state index in [1.807, 2.05) is 0 Å². The number of para-hydroxylation sites is 1. The van der Waals surface area contributed by atoms with E-state index >= 15 is 0 Å². The first-order valence-electron chi connectivity index (χ1n) is 7.45. The average molecular weight is 244 g/mol. The topological polar surface area (TPSA) is 15.3 Å². The second-order valence-electron chi connectivity index (χ2n) is 5.67. The summed E-state index contributed by atoms with van der Waals surface area (Å²) in [6, 6.07) is 6.85. The number of nitrogens with one attached hydrogen (secondary N) is 1. The van der Waals surface area contributed by atoms with Crippen molar-refractivity contribution in [2.75, 3.05) is 31.1 Å². The lowest BCUT2D eigenvalue weighted by Gasteiger charge is -2.30. The van der Waals surface area contributed by atoms with Gasteiger partial charge in [0.1, 0.15) is 0 Å². The highest BCUT2D eigenvalue weighted by atomic mass is 15.2. The van der Waals surface area contributed by atoms with Crippen molar-refractivity contribution in [3.05, 3.63) is 29.3 Å². The van der Waals surface area contributed by atoms with Crippen LogP contribution in [-0.2, 0) is 12.8 Å². The highest BCUT2D eigenvalue weighted by Gasteiger charge is 2.24. The summed E-state index contributed by atoms with van der Waals surface area (Å²) in [5.74, 6) is 0.891. The summed E-state index contributed by atoms with van der Waals surface area (Å²) in [6.45, 7) is 7.19. The first-order chi connectivity index (χ1) is 8.88. The van der Waals surface area contributed by atoms with Crippen molar-refractivity contribution < 1.29 is 0 Å². The predicted molar refractivity (Wildman–Crippen MR) is 77.3 cm³/mol. The van der Waals surface area contributed by atoms with Crippen LogP contribution in [0.4, 0.5) is 5.69 Å². The molecule has 1 fully saturated rings. The van der Waals surface area contributed by atoms with Crippen LogP contribution >= 0.6 is 0 Å². The first kappa shape index (κ1) is 12.0. The van der Waals surface area contributed by atoms with E-state index in [2.05, 4.69) is 35.3 Å². The first-order valence-corrected chi connectivity index (χ1v) is 7.45. The van der Waals surface area contributed by atoms with Crippen molar-refractivity contribution in [2.45, 2.75) is 32.6 Å². The van der Waals surface area contributed by atoms with Crippen molar-refractivity contribution in [2.24, 2.45) is 5.92 Å². The number of hydrogen-bond donors (Lipinski definition) is 1. The van der Waals surface area contributed by atoms with Crippen molar-refractivity contribution in [1.29, 1.82) is 0 Å². The number of rotatable bonds is 3. The molecule has 1 N–H and O–H groups in total. The molecule has 1 aromatic rings. The van der Waals surface area contributed by atoms with Gasteiger partial charge in [0.25, 0.3) is 0 Å². The fraction of sp³-hybridized carbons (Fsp3) is 0.625. The van der Waals surface area contributed by atoms with Crippen LogP contribution in [0.25, 0.3) is 0 Å². The van der Waals surface area contributed by atoms with Crippen LogP contribution in [0.2, 0.25) is 0 Å². The molecular formula is C16H24N2. The van der Waals surface area contributed by atoms with Crippen LogP contribution in [0.15, 0.2) is 18.2 Å². The van der Waals surface area contributed by atoms with Crippen molar-refractivity contribution in [3.63, 3.8) is 0 Å². The van der Waals surface area contributed by atoms with Gasteiger partial charge in [0.15, 0.2) is 0 Å². The fourth-order valence-corrected chi connectivity index (χ4v) is 3.46. The molecule has 0 bridgehead atoms. The number of nitrogens with zero attached hydrogens (tertiary/aromatic N) is 1. The largest absolute Gasteiger partial charge is 0.370 e. The molecule has 0 amide bonds. The molecule has 0 aromatic heterocycles. The van der Waals surface area contributed by atoms with Crippen LogP contribution in [0.1, 0.15) is 30.9 Å². The zero-order chi connectivity index (χ0) is 12.4. The van der Waals surface area contributed by atoms with Crippen LogP contribution in [0, 0.1) is 5.92 Å². The molecule has 98 valence electrons. The minimum absolute atomic E-state index is 0.891. The molecule has 0 radical (unpaired) electrons. The third kappa shape index (κ3) is 2.26. The zero-order valence-electron chi connectivity index (χ0n) is 11.4. The molecule has 3 rings (SSSR count). The Balaban J connectivity index is 1.76. The standard InChI is InChI=1S/C16H24N2/c1-2-14-4-3-5-15-8-11-18(16(14)15)12-13-6-9-17-10-7-13/h3-5,13,17H,2,6-12H2,1H3. The molecule has 2 heterocycles. The molecule has 2 aliphatic heterocycles. The summed E-state index contributed by atoms with van der Waals surface area (Å²) in [5, 5.41) is 3.46. The Morgan fingerprint density at radius 2 is 2.11 bits per heavy atom. The smallest absolute Gasteiger partial charge is 0.0432 e.